The molecule has 0 aliphatic heterocycles. The molecule has 0 spiro atoms. The minimum absolute atomic E-state index is 0.147. The molecule has 0 heterocycles. The maximum atomic E-state index is 13.0. The normalized spacial score (nSPS) is 9.73. The fourth-order valence-corrected chi connectivity index (χ4v) is 1.02. The summed E-state index contributed by atoms with van der Waals surface area (Å²) in [7, 11) is 1.59. The number of carbonyl (C=O) groups is 1. The van der Waals surface area contributed by atoms with Crippen LogP contribution in [0.25, 0.3) is 0 Å². The van der Waals surface area contributed by atoms with Gasteiger partial charge in [-0.25, -0.2) is 9.82 Å². The van der Waals surface area contributed by atoms with Gasteiger partial charge in [-0.05, 0) is 12.1 Å². The second kappa shape index (κ2) is 5.98. The first kappa shape index (κ1) is 11.5. The number of hydrogen-bond donors (Lipinski definition) is 2. The summed E-state index contributed by atoms with van der Waals surface area (Å²) in [5.74, 6) is -0.463. The highest BCUT2D eigenvalue weighted by atomic mass is 19.1. The number of hydrogen-bond acceptors (Lipinski definition) is 3. The summed E-state index contributed by atoms with van der Waals surface area (Å²) in [6.45, 7) is 0.147. The van der Waals surface area contributed by atoms with E-state index in [1.807, 2.05) is 0 Å². The number of rotatable bonds is 5. The fraction of sp³-hybridized carbons (Fsp3) is 0.300. The molecule has 5 heteroatoms. The van der Waals surface area contributed by atoms with Gasteiger partial charge >= 0.3 is 0 Å². The lowest BCUT2D eigenvalue weighted by atomic mass is 10.3. The van der Waals surface area contributed by atoms with Crippen LogP contribution in [0.2, 0.25) is 0 Å². The van der Waals surface area contributed by atoms with E-state index in [2.05, 4.69) is 10.9 Å². The van der Waals surface area contributed by atoms with E-state index in [0.29, 0.717) is 0 Å². The summed E-state index contributed by atoms with van der Waals surface area (Å²) in [4.78, 5) is 11.0. The standard InChI is InChI=1S/C10H13FN2O2/c1-12-13-10(14)6-7-15-9-5-3-2-4-8(9)11/h2-5,12H,6-7H2,1H3,(H,13,14). The molecule has 0 radical (unpaired) electrons. The number of para-hydroxylation sites is 1. The van der Waals surface area contributed by atoms with Crippen molar-refractivity contribution in [2.45, 2.75) is 6.42 Å². The van der Waals surface area contributed by atoms with Crippen molar-refractivity contribution in [2.24, 2.45) is 0 Å². The molecule has 0 fully saturated rings. The molecule has 0 aromatic heterocycles. The van der Waals surface area contributed by atoms with E-state index in [0.717, 1.165) is 0 Å². The van der Waals surface area contributed by atoms with Crippen LogP contribution in [-0.4, -0.2) is 19.6 Å². The topological polar surface area (TPSA) is 50.4 Å². The molecule has 1 rings (SSSR count). The molecule has 1 amide bonds. The largest absolute Gasteiger partial charge is 0.490 e. The maximum absolute atomic E-state index is 13.0. The lowest BCUT2D eigenvalue weighted by molar-refractivity contribution is -0.122. The molecule has 2 N–H and O–H groups in total. The Morgan fingerprint density at radius 3 is 2.87 bits per heavy atom. The van der Waals surface area contributed by atoms with Gasteiger partial charge in [0.15, 0.2) is 11.6 Å². The molecule has 1 aromatic carbocycles. The summed E-state index contributed by atoms with van der Waals surface area (Å²) in [6.07, 6.45) is 0.176. The zero-order chi connectivity index (χ0) is 11.1. The van der Waals surface area contributed by atoms with Crippen LogP contribution in [0, 0.1) is 5.82 Å². The molecule has 1 aromatic rings. The van der Waals surface area contributed by atoms with E-state index in [4.69, 9.17) is 4.74 Å². The Bertz CT molecular complexity index is 331. The van der Waals surface area contributed by atoms with E-state index < -0.39 is 5.82 Å². The van der Waals surface area contributed by atoms with Gasteiger partial charge in [-0.2, -0.15) is 0 Å². The highest BCUT2D eigenvalue weighted by Crippen LogP contribution is 2.15. The van der Waals surface area contributed by atoms with Gasteiger partial charge in [-0.3, -0.25) is 10.2 Å². The second-order valence-corrected chi connectivity index (χ2v) is 2.83. The molecule has 15 heavy (non-hydrogen) atoms. The molecule has 82 valence electrons. The van der Waals surface area contributed by atoms with Crippen LogP contribution in [0.5, 0.6) is 5.75 Å². The van der Waals surface area contributed by atoms with Crippen molar-refractivity contribution in [1.29, 1.82) is 0 Å². The highest BCUT2D eigenvalue weighted by Gasteiger charge is 2.03. The Kier molecular flexibility index (Phi) is 4.56. The zero-order valence-corrected chi connectivity index (χ0v) is 8.42. The van der Waals surface area contributed by atoms with Crippen molar-refractivity contribution in [3.05, 3.63) is 30.1 Å². The number of halogens is 1. The van der Waals surface area contributed by atoms with Crippen LogP contribution in [-0.2, 0) is 4.79 Å². The van der Waals surface area contributed by atoms with E-state index in [1.165, 1.54) is 12.1 Å². The van der Waals surface area contributed by atoms with Gasteiger partial charge in [0.25, 0.3) is 0 Å². The molecular formula is C10H13FN2O2. The van der Waals surface area contributed by atoms with E-state index in [1.54, 1.807) is 19.2 Å². The van der Waals surface area contributed by atoms with E-state index in [-0.39, 0.29) is 24.7 Å². The lowest BCUT2D eigenvalue weighted by Crippen LogP contribution is -2.34. The van der Waals surface area contributed by atoms with Crippen molar-refractivity contribution in [2.75, 3.05) is 13.7 Å². The summed E-state index contributed by atoms with van der Waals surface area (Å²) in [5, 5.41) is 0. The van der Waals surface area contributed by atoms with E-state index >= 15 is 0 Å². The number of benzene rings is 1. The Labute approximate surface area is 87.4 Å². The van der Waals surface area contributed by atoms with Gasteiger partial charge in [0, 0.05) is 7.05 Å². The smallest absolute Gasteiger partial charge is 0.237 e. The Morgan fingerprint density at radius 1 is 1.47 bits per heavy atom. The summed E-state index contributed by atoms with van der Waals surface area (Å²) < 4.78 is 18.1. The number of amides is 1. The van der Waals surface area contributed by atoms with Crippen LogP contribution >= 0.6 is 0 Å². The van der Waals surface area contributed by atoms with Gasteiger partial charge in [-0.1, -0.05) is 12.1 Å². The minimum Gasteiger partial charge on any atom is -0.490 e. The van der Waals surface area contributed by atoms with Crippen LogP contribution < -0.4 is 15.6 Å². The third kappa shape index (κ3) is 3.95. The van der Waals surface area contributed by atoms with Crippen LogP contribution in [0.3, 0.4) is 0 Å². The summed E-state index contributed by atoms with van der Waals surface area (Å²) in [5.41, 5.74) is 4.88. The van der Waals surface area contributed by atoms with Crippen LogP contribution in [0.4, 0.5) is 4.39 Å². The molecule has 0 unspecified atom stereocenters. The minimum atomic E-state index is -0.425. The van der Waals surface area contributed by atoms with Gasteiger partial charge in [0.1, 0.15) is 0 Å². The Balaban J connectivity index is 2.32. The highest BCUT2D eigenvalue weighted by molar-refractivity contribution is 5.75. The molecule has 0 aliphatic carbocycles. The van der Waals surface area contributed by atoms with Gasteiger partial charge in [-0.15, -0.1) is 0 Å². The molecule has 4 nitrogen and oxygen atoms in total. The Morgan fingerprint density at radius 2 is 2.20 bits per heavy atom. The van der Waals surface area contributed by atoms with Crippen LogP contribution in [0.15, 0.2) is 24.3 Å². The monoisotopic (exact) mass is 212 g/mol. The average molecular weight is 212 g/mol. The molecule has 0 atom stereocenters. The van der Waals surface area contributed by atoms with Crippen LogP contribution in [0.1, 0.15) is 6.42 Å². The number of nitrogens with one attached hydrogen (secondary N) is 2. The van der Waals surface area contributed by atoms with Gasteiger partial charge < -0.3 is 4.74 Å². The van der Waals surface area contributed by atoms with Crippen molar-refractivity contribution >= 4 is 5.91 Å². The SMILES string of the molecule is CNNC(=O)CCOc1ccccc1F. The molecular weight excluding hydrogens is 199 g/mol. The van der Waals surface area contributed by atoms with E-state index in [9.17, 15) is 9.18 Å². The van der Waals surface area contributed by atoms with Crippen molar-refractivity contribution in [3.63, 3.8) is 0 Å². The van der Waals surface area contributed by atoms with Gasteiger partial charge in [0.05, 0.1) is 13.0 Å². The first-order chi connectivity index (χ1) is 7.24. The van der Waals surface area contributed by atoms with Crippen molar-refractivity contribution in [1.82, 2.24) is 10.9 Å². The van der Waals surface area contributed by atoms with Crippen molar-refractivity contribution < 1.29 is 13.9 Å². The van der Waals surface area contributed by atoms with Gasteiger partial charge in [0.2, 0.25) is 5.91 Å². The summed E-state index contributed by atoms with van der Waals surface area (Å²) in [6, 6.07) is 6.08. The number of carbonyl (C=O) groups excluding carboxylic acids is 1. The third-order valence-electron chi connectivity index (χ3n) is 1.69. The average Bonchev–Trinajstić information content (AvgIpc) is 2.21. The number of hydrazine groups is 1. The Hall–Kier alpha value is -1.62. The quantitative estimate of drug-likeness (QED) is 0.711. The maximum Gasteiger partial charge on any atom is 0.237 e. The molecule has 0 saturated carbocycles. The predicted octanol–water partition coefficient (Wildman–Crippen LogP) is 0.845. The first-order valence-electron chi connectivity index (χ1n) is 4.57. The predicted molar refractivity (Wildman–Crippen MR) is 53.7 cm³/mol. The fourth-order valence-electron chi connectivity index (χ4n) is 1.02. The zero-order valence-electron chi connectivity index (χ0n) is 8.42. The summed E-state index contributed by atoms with van der Waals surface area (Å²) >= 11 is 0. The molecule has 0 bridgehead atoms. The molecule has 0 saturated heterocycles. The lowest BCUT2D eigenvalue weighted by Gasteiger charge is -2.06. The second-order valence-electron chi connectivity index (χ2n) is 2.83. The third-order valence-corrected chi connectivity index (χ3v) is 1.69. The van der Waals surface area contributed by atoms with Crippen molar-refractivity contribution in [3.8, 4) is 5.75 Å². The number of ether oxygens (including phenoxy) is 1. The molecule has 0 aliphatic rings. The first-order valence-corrected chi connectivity index (χ1v) is 4.57.